The Morgan fingerprint density at radius 3 is 2.87 bits per heavy atom. The van der Waals surface area contributed by atoms with Crippen LogP contribution in [0.1, 0.15) is 50.6 Å². The summed E-state index contributed by atoms with van der Waals surface area (Å²) in [5.74, 6) is 0.497. The van der Waals surface area contributed by atoms with Gasteiger partial charge in [-0.15, -0.1) is 11.3 Å². The van der Waals surface area contributed by atoms with Gasteiger partial charge in [-0.3, -0.25) is 9.59 Å². The van der Waals surface area contributed by atoms with Crippen LogP contribution in [0.15, 0.2) is 0 Å². The molecule has 1 saturated heterocycles. The maximum atomic E-state index is 12.4. The Morgan fingerprint density at radius 1 is 1.43 bits per heavy atom. The molecular weight excluding hydrogens is 310 g/mol. The Kier molecular flexibility index (Phi) is 4.71. The van der Waals surface area contributed by atoms with Crippen molar-refractivity contribution in [3.8, 4) is 0 Å². The lowest BCUT2D eigenvalue weighted by Gasteiger charge is -2.20. The third-order valence-corrected chi connectivity index (χ3v) is 6.04. The van der Waals surface area contributed by atoms with E-state index in [1.165, 1.54) is 17.7 Å². The monoisotopic (exact) mass is 335 g/mol. The van der Waals surface area contributed by atoms with E-state index >= 15 is 0 Å². The number of likely N-dealkylation sites (tertiary alicyclic amines) is 1. The molecule has 1 aromatic rings. The first kappa shape index (κ1) is 16.4. The molecule has 2 heterocycles. The van der Waals surface area contributed by atoms with Crippen LogP contribution < -0.4 is 5.32 Å². The minimum Gasteiger partial charge on any atom is -0.339 e. The van der Waals surface area contributed by atoms with E-state index in [2.05, 4.69) is 17.2 Å². The van der Waals surface area contributed by atoms with Gasteiger partial charge in [0.1, 0.15) is 0 Å². The van der Waals surface area contributed by atoms with Crippen LogP contribution in [0.5, 0.6) is 0 Å². The highest BCUT2D eigenvalue weighted by molar-refractivity contribution is 7.15. The summed E-state index contributed by atoms with van der Waals surface area (Å²) in [5.41, 5.74) is 1.15. The molecule has 23 heavy (non-hydrogen) atoms. The normalized spacial score (nSPS) is 24.2. The molecular formula is C17H25N3O2S. The standard InChI is InChI=1S/C17H25N3O2S/c1-4-11-5-6-13-14(7-11)23-17(18-13)19-16(22)12-8-15(21)20(9-12)10(2)3/h10-12H,4-9H2,1-3H3,(H,18,19,22). The first-order valence-electron chi connectivity index (χ1n) is 8.56. The molecule has 3 rings (SSSR count). The van der Waals surface area contributed by atoms with Gasteiger partial charge in [-0.05, 0) is 39.0 Å². The number of hydrogen-bond acceptors (Lipinski definition) is 4. The van der Waals surface area contributed by atoms with Gasteiger partial charge >= 0.3 is 0 Å². The molecule has 2 atom stereocenters. The Balaban J connectivity index is 1.63. The van der Waals surface area contributed by atoms with Gasteiger partial charge in [-0.2, -0.15) is 0 Å². The summed E-state index contributed by atoms with van der Waals surface area (Å²) in [6.45, 7) is 6.72. The number of nitrogens with zero attached hydrogens (tertiary/aromatic N) is 2. The molecule has 0 spiro atoms. The average Bonchev–Trinajstić information content (AvgIpc) is 3.09. The Labute approximate surface area is 141 Å². The fourth-order valence-electron chi connectivity index (χ4n) is 3.46. The molecule has 0 saturated carbocycles. The largest absolute Gasteiger partial charge is 0.339 e. The van der Waals surface area contributed by atoms with Crippen LogP contribution in [-0.2, 0) is 22.4 Å². The Morgan fingerprint density at radius 2 is 2.22 bits per heavy atom. The fourth-order valence-corrected chi connectivity index (χ4v) is 4.58. The second kappa shape index (κ2) is 6.59. The van der Waals surface area contributed by atoms with Crippen LogP contribution in [0, 0.1) is 11.8 Å². The molecule has 0 radical (unpaired) electrons. The zero-order chi connectivity index (χ0) is 16.6. The van der Waals surface area contributed by atoms with Gasteiger partial charge in [0.2, 0.25) is 11.8 Å². The zero-order valence-electron chi connectivity index (χ0n) is 14.1. The van der Waals surface area contributed by atoms with Gasteiger partial charge in [0, 0.05) is 23.9 Å². The van der Waals surface area contributed by atoms with Crippen molar-refractivity contribution < 1.29 is 9.59 Å². The molecule has 1 N–H and O–H groups in total. The highest BCUT2D eigenvalue weighted by Crippen LogP contribution is 2.34. The molecule has 2 amide bonds. The average molecular weight is 335 g/mol. The van der Waals surface area contributed by atoms with Crippen molar-refractivity contribution in [3.63, 3.8) is 0 Å². The molecule has 5 nitrogen and oxygen atoms in total. The number of anilines is 1. The van der Waals surface area contributed by atoms with E-state index in [1.54, 1.807) is 16.2 Å². The predicted octanol–water partition coefficient (Wildman–Crippen LogP) is 2.85. The van der Waals surface area contributed by atoms with Gasteiger partial charge < -0.3 is 10.2 Å². The van der Waals surface area contributed by atoms with Gasteiger partial charge in [0.15, 0.2) is 5.13 Å². The minimum atomic E-state index is -0.255. The number of amides is 2. The second-order valence-corrected chi connectivity index (χ2v) is 8.02. The van der Waals surface area contributed by atoms with E-state index in [1.807, 2.05) is 13.8 Å². The first-order valence-corrected chi connectivity index (χ1v) is 9.38. The molecule has 2 aliphatic rings. The topological polar surface area (TPSA) is 62.3 Å². The van der Waals surface area contributed by atoms with E-state index in [0.717, 1.165) is 24.5 Å². The molecule has 1 aromatic heterocycles. The molecule has 126 valence electrons. The molecule has 1 fully saturated rings. The lowest BCUT2D eigenvalue weighted by Crippen LogP contribution is -2.33. The van der Waals surface area contributed by atoms with Crippen LogP contribution in [0.3, 0.4) is 0 Å². The third-order valence-electron chi connectivity index (χ3n) is 5.00. The van der Waals surface area contributed by atoms with E-state index in [0.29, 0.717) is 18.1 Å². The highest BCUT2D eigenvalue weighted by atomic mass is 32.1. The number of nitrogens with one attached hydrogen (secondary N) is 1. The lowest BCUT2D eigenvalue weighted by atomic mass is 9.89. The van der Waals surface area contributed by atoms with Crippen LogP contribution in [-0.4, -0.2) is 34.3 Å². The van der Waals surface area contributed by atoms with Gasteiger partial charge in [0.25, 0.3) is 0 Å². The van der Waals surface area contributed by atoms with Crippen molar-refractivity contribution in [2.75, 3.05) is 11.9 Å². The number of aryl methyl sites for hydroxylation is 1. The van der Waals surface area contributed by atoms with E-state index in [-0.39, 0.29) is 23.8 Å². The van der Waals surface area contributed by atoms with Crippen molar-refractivity contribution in [2.24, 2.45) is 11.8 Å². The maximum absolute atomic E-state index is 12.4. The van der Waals surface area contributed by atoms with E-state index in [9.17, 15) is 9.59 Å². The molecule has 2 unspecified atom stereocenters. The molecule has 1 aliphatic heterocycles. The SMILES string of the molecule is CCC1CCc2nc(NC(=O)C3CC(=O)N(C(C)C)C3)sc2C1. The molecule has 1 aliphatic carbocycles. The quantitative estimate of drug-likeness (QED) is 0.920. The first-order chi connectivity index (χ1) is 11.0. The van der Waals surface area contributed by atoms with Crippen LogP contribution in [0.2, 0.25) is 0 Å². The number of thiazole rings is 1. The number of fused-ring (bicyclic) bond motifs is 1. The van der Waals surface area contributed by atoms with E-state index in [4.69, 9.17) is 0 Å². The molecule has 0 bridgehead atoms. The minimum absolute atomic E-state index is 0.0698. The van der Waals surface area contributed by atoms with Crippen LogP contribution >= 0.6 is 11.3 Å². The number of hydrogen-bond donors (Lipinski definition) is 1. The number of aromatic nitrogens is 1. The number of carbonyl (C=O) groups excluding carboxylic acids is 2. The summed E-state index contributed by atoms with van der Waals surface area (Å²) in [6.07, 6.45) is 4.81. The summed E-state index contributed by atoms with van der Waals surface area (Å²) >= 11 is 1.61. The maximum Gasteiger partial charge on any atom is 0.231 e. The Hall–Kier alpha value is -1.43. The number of rotatable bonds is 4. The molecule has 6 heteroatoms. The van der Waals surface area contributed by atoms with Crippen molar-refractivity contribution in [2.45, 2.75) is 58.9 Å². The van der Waals surface area contributed by atoms with Gasteiger partial charge in [-0.1, -0.05) is 13.3 Å². The Bertz CT molecular complexity index is 611. The lowest BCUT2D eigenvalue weighted by molar-refractivity contribution is -0.129. The zero-order valence-corrected chi connectivity index (χ0v) is 14.9. The van der Waals surface area contributed by atoms with Crippen molar-refractivity contribution in [3.05, 3.63) is 10.6 Å². The third kappa shape index (κ3) is 3.42. The van der Waals surface area contributed by atoms with Gasteiger partial charge in [0.05, 0.1) is 11.6 Å². The predicted molar refractivity (Wildman–Crippen MR) is 91.5 cm³/mol. The van der Waals surface area contributed by atoms with Crippen LogP contribution in [0.4, 0.5) is 5.13 Å². The van der Waals surface area contributed by atoms with Crippen molar-refractivity contribution in [1.82, 2.24) is 9.88 Å². The number of carbonyl (C=O) groups is 2. The van der Waals surface area contributed by atoms with Gasteiger partial charge in [-0.25, -0.2) is 4.98 Å². The van der Waals surface area contributed by atoms with E-state index < -0.39 is 0 Å². The van der Waals surface area contributed by atoms with Crippen molar-refractivity contribution in [1.29, 1.82) is 0 Å². The van der Waals surface area contributed by atoms with Crippen LogP contribution in [0.25, 0.3) is 0 Å². The smallest absolute Gasteiger partial charge is 0.231 e. The molecule has 0 aromatic carbocycles. The fraction of sp³-hybridized carbons (Fsp3) is 0.706. The summed E-state index contributed by atoms with van der Waals surface area (Å²) in [4.78, 5) is 32.1. The van der Waals surface area contributed by atoms with Crippen molar-refractivity contribution >= 4 is 28.3 Å². The second-order valence-electron chi connectivity index (χ2n) is 6.94. The summed E-state index contributed by atoms with van der Waals surface area (Å²) in [6, 6.07) is 0.151. The summed E-state index contributed by atoms with van der Waals surface area (Å²) < 4.78 is 0. The highest BCUT2D eigenvalue weighted by Gasteiger charge is 2.36. The summed E-state index contributed by atoms with van der Waals surface area (Å²) in [7, 11) is 0. The summed E-state index contributed by atoms with van der Waals surface area (Å²) in [5, 5.41) is 3.64.